The highest BCUT2D eigenvalue weighted by molar-refractivity contribution is 6.34. The molecule has 1 aromatic rings. The molecule has 0 saturated heterocycles. The van der Waals surface area contributed by atoms with Crippen LogP contribution in [-0.4, -0.2) is 23.3 Å². The second-order valence-electron chi connectivity index (χ2n) is 2.84. The first-order chi connectivity index (χ1) is 7.24. The first-order valence-corrected chi connectivity index (χ1v) is 4.41. The van der Waals surface area contributed by atoms with Gasteiger partial charge >= 0.3 is 11.8 Å². The van der Waals surface area contributed by atoms with E-state index in [2.05, 4.69) is 10.3 Å². The third-order valence-electron chi connectivity index (χ3n) is 1.76. The van der Waals surface area contributed by atoms with Gasteiger partial charge in [-0.2, -0.15) is 0 Å². The largest absolute Gasteiger partial charge is 0.347 e. The number of hydrazine groups is 1. The minimum atomic E-state index is -0.846. The lowest BCUT2D eigenvalue weighted by atomic mass is 10.2. The van der Waals surface area contributed by atoms with E-state index in [9.17, 15) is 9.59 Å². The molecule has 0 atom stereocenters. The van der Waals surface area contributed by atoms with Crippen LogP contribution >= 0.6 is 0 Å². The Labute approximate surface area is 86.8 Å². The average molecular weight is 208 g/mol. The Morgan fingerprint density at radius 1 is 1.40 bits per heavy atom. The number of aromatic nitrogens is 1. The normalized spacial score (nSPS) is 9.40. The zero-order chi connectivity index (χ0) is 11.1. The number of hydrogen-bond acceptors (Lipinski definition) is 4. The Bertz CT molecular complexity index is 339. The molecule has 2 amide bonds. The van der Waals surface area contributed by atoms with E-state index in [1.54, 1.807) is 17.8 Å². The van der Waals surface area contributed by atoms with Crippen LogP contribution in [0.1, 0.15) is 5.56 Å². The van der Waals surface area contributed by atoms with Gasteiger partial charge in [-0.15, -0.1) is 0 Å². The molecular weight excluding hydrogens is 196 g/mol. The Morgan fingerprint density at radius 3 is 2.80 bits per heavy atom. The first-order valence-electron chi connectivity index (χ1n) is 4.41. The van der Waals surface area contributed by atoms with Crippen LogP contribution in [0.2, 0.25) is 0 Å². The first kappa shape index (κ1) is 11.1. The molecule has 0 saturated carbocycles. The Morgan fingerprint density at radius 2 is 2.20 bits per heavy atom. The number of carbonyl (C=O) groups excluding carboxylic acids is 2. The number of nitrogens with one attached hydrogen (secondary N) is 2. The lowest BCUT2D eigenvalue weighted by Gasteiger charge is -2.03. The van der Waals surface area contributed by atoms with Gasteiger partial charge in [0.2, 0.25) is 0 Å². The molecule has 6 nitrogen and oxygen atoms in total. The lowest BCUT2D eigenvalue weighted by Crippen LogP contribution is -2.43. The molecule has 0 aliphatic carbocycles. The molecule has 6 heteroatoms. The van der Waals surface area contributed by atoms with Crippen LogP contribution in [-0.2, 0) is 16.0 Å². The molecule has 80 valence electrons. The van der Waals surface area contributed by atoms with Crippen molar-refractivity contribution in [2.45, 2.75) is 6.42 Å². The highest BCUT2D eigenvalue weighted by Crippen LogP contribution is 1.94. The van der Waals surface area contributed by atoms with Crippen molar-refractivity contribution in [1.82, 2.24) is 15.7 Å². The van der Waals surface area contributed by atoms with Crippen molar-refractivity contribution in [2.24, 2.45) is 5.84 Å². The monoisotopic (exact) mass is 208 g/mol. The molecule has 0 spiro atoms. The van der Waals surface area contributed by atoms with E-state index in [0.29, 0.717) is 13.0 Å². The Hall–Kier alpha value is -1.95. The van der Waals surface area contributed by atoms with Crippen LogP contribution in [0.5, 0.6) is 0 Å². The highest BCUT2D eigenvalue weighted by Gasteiger charge is 2.09. The van der Waals surface area contributed by atoms with E-state index in [1.807, 2.05) is 12.1 Å². The summed E-state index contributed by atoms with van der Waals surface area (Å²) >= 11 is 0. The summed E-state index contributed by atoms with van der Waals surface area (Å²) in [4.78, 5) is 25.6. The maximum atomic E-state index is 10.9. The Balaban J connectivity index is 2.28. The zero-order valence-corrected chi connectivity index (χ0v) is 8.06. The summed E-state index contributed by atoms with van der Waals surface area (Å²) < 4.78 is 0. The SMILES string of the molecule is NNC(=O)C(=O)NCCc1cccnc1. The summed E-state index contributed by atoms with van der Waals surface area (Å²) in [5, 5.41) is 2.42. The molecule has 1 heterocycles. The standard InChI is InChI=1S/C9H12N4O2/c10-13-9(15)8(14)12-5-3-7-2-1-4-11-6-7/h1-2,4,6H,3,5,10H2,(H,12,14)(H,13,15). The third kappa shape index (κ3) is 3.74. The summed E-state index contributed by atoms with van der Waals surface area (Å²) in [5.41, 5.74) is 2.74. The van der Waals surface area contributed by atoms with Gasteiger partial charge in [0.1, 0.15) is 0 Å². The predicted octanol–water partition coefficient (Wildman–Crippen LogP) is -1.27. The van der Waals surface area contributed by atoms with Crippen molar-refractivity contribution in [2.75, 3.05) is 6.54 Å². The van der Waals surface area contributed by atoms with E-state index in [4.69, 9.17) is 5.84 Å². The van der Waals surface area contributed by atoms with Crippen LogP contribution in [0, 0.1) is 0 Å². The van der Waals surface area contributed by atoms with Crippen LogP contribution in [0.4, 0.5) is 0 Å². The van der Waals surface area contributed by atoms with Crippen LogP contribution in [0.25, 0.3) is 0 Å². The molecule has 0 bridgehead atoms. The van der Waals surface area contributed by atoms with Gasteiger partial charge in [-0.25, -0.2) is 5.84 Å². The summed E-state index contributed by atoms with van der Waals surface area (Å²) in [6, 6.07) is 3.70. The number of hydrogen-bond donors (Lipinski definition) is 3. The average Bonchev–Trinajstić information content (AvgIpc) is 2.29. The minimum absolute atomic E-state index is 0.373. The molecule has 1 aromatic heterocycles. The smallest absolute Gasteiger partial charge is 0.323 e. The van der Waals surface area contributed by atoms with E-state index in [0.717, 1.165) is 5.56 Å². The number of nitrogens with zero attached hydrogens (tertiary/aromatic N) is 1. The number of amides is 2. The van der Waals surface area contributed by atoms with Gasteiger partial charge < -0.3 is 5.32 Å². The van der Waals surface area contributed by atoms with Crippen molar-refractivity contribution in [1.29, 1.82) is 0 Å². The molecule has 4 N–H and O–H groups in total. The zero-order valence-electron chi connectivity index (χ0n) is 8.06. The van der Waals surface area contributed by atoms with Crippen LogP contribution in [0.15, 0.2) is 24.5 Å². The quantitative estimate of drug-likeness (QED) is 0.250. The van der Waals surface area contributed by atoms with Gasteiger partial charge in [0.05, 0.1) is 0 Å². The van der Waals surface area contributed by atoms with Crippen molar-refractivity contribution in [3.63, 3.8) is 0 Å². The molecule has 0 aliphatic heterocycles. The highest BCUT2D eigenvalue weighted by atomic mass is 16.2. The fourth-order valence-electron chi connectivity index (χ4n) is 1.01. The van der Waals surface area contributed by atoms with Crippen molar-refractivity contribution in [3.05, 3.63) is 30.1 Å². The predicted molar refractivity (Wildman–Crippen MR) is 53.3 cm³/mol. The Kier molecular flexibility index (Phi) is 4.24. The fourth-order valence-corrected chi connectivity index (χ4v) is 1.01. The molecule has 0 aromatic carbocycles. The van der Waals surface area contributed by atoms with Crippen LogP contribution < -0.4 is 16.6 Å². The summed E-state index contributed by atoms with van der Waals surface area (Å²) in [6.07, 6.45) is 4.00. The molecule has 0 aliphatic rings. The number of rotatable bonds is 3. The lowest BCUT2D eigenvalue weighted by molar-refractivity contribution is -0.139. The second-order valence-corrected chi connectivity index (χ2v) is 2.84. The maximum Gasteiger partial charge on any atom is 0.323 e. The van der Waals surface area contributed by atoms with E-state index in [-0.39, 0.29) is 0 Å². The number of pyridine rings is 1. The number of carbonyl (C=O) groups is 2. The minimum Gasteiger partial charge on any atom is -0.347 e. The van der Waals surface area contributed by atoms with Gasteiger partial charge in [0, 0.05) is 18.9 Å². The molecule has 1 rings (SSSR count). The second kappa shape index (κ2) is 5.71. The number of nitrogens with two attached hydrogens (primary N) is 1. The van der Waals surface area contributed by atoms with Gasteiger partial charge in [0.15, 0.2) is 0 Å². The van der Waals surface area contributed by atoms with E-state index >= 15 is 0 Å². The van der Waals surface area contributed by atoms with Crippen molar-refractivity contribution < 1.29 is 9.59 Å². The van der Waals surface area contributed by atoms with Gasteiger partial charge in [-0.05, 0) is 18.1 Å². The topological polar surface area (TPSA) is 97.1 Å². The summed E-state index contributed by atoms with van der Waals surface area (Å²) in [7, 11) is 0. The van der Waals surface area contributed by atoms with Crippen molar-refractivity contribution in [3.8, 4) is 0 Å². The van der Waals surface area contributed by atoms with E-state index in [1.165, 1.54) is 0 Å². The molecule has 0 radical (unpaired) electrons. The molecular formula is C9H12N4O2. The molecule has 15 heavy (non-hydrogen) atoms. The fraction of sp³-hybridized carbons (Fsp3) is 0.222. The molecule has 0 unspecified atom stereocenters. The molecule has 0 fully saturated rings. The van der Waals surface area contributed by atoms with Gasteiger partial charge in [-0.1, -0.05) is 6.07 Å². The van der Waals surface area contributed by atoms with Crippen LogP contribution in [0.3, 0.4) is 0 Å². The van der Waals surface area contributed by atoms with Crippen molar-refractivity contribution >= 4 is 11.8 Å². The van der Waals surface area contributed by atoms with Gasteiger partial charge in [0.25, 0.3) is 0 Å². The summed E-state index contributed by atoms with van der Waals surface area (Å²) in [6.45, 7) is 0.373. The van der Waals surface area contributed by atoms with Gasteiger partial charge in [-0.3, -0.25) is 20.0 Å². The van der Waals surface area contributed by atoms with E-state index < -0.39 is 11.8 Å². The maximum absolute atomic E-state index is 10.9. The third-order valence-corrected chi connectivity index (χ3v) is 1.76. The summed E-state index contributed by atoms with van der Waals surface area (Å²) in [5.74, 6) is 3.20.